The fraction of sp³-hybridized carbons (Fsp3) is 0. The van der Waals surface area contributed by atoms with E-state index in [-0.39, 0.29) is 26.8 Å². The first kappa shape index (κ1) is 11.7. The number of halogens is 1. The summed E-state index contributed by atoms with van der Waals surface area (Å²) in [5.41, 5.74) is 0.425. The van der Waals surface area contributed by atoms with Crippen LogP contribution in [-0.4, -0.2) is 11.1 Å². The number of fused-ring (bicyclic) bond motifs is 2. The highest BCUT2D eigenvalue weighted by Gasteiger charge is 2.12. The van der Waals surface area contributed by atoms with Gasteiger partial charge in [0.1, 0.15) is 11.2 Å². The molecule has 2 aromatic carbocycles. The van der Waals surface area contributed by atoms with Crippen molar-refractivity contribution in [3.05, 3.63) is 57.2 Å². The van der Waals surface area contributed by atoms with E-state index in [1.54, 1.807) is 18.2 Å². The van der Waals surface area contributed by atoms with Gasteiger partial charge in [-0.3, -0.25) is 4.79 Å². The standard InChI is InChI=1S/C14H7ClO4/c15-9-2-1-3-11-12(9)13(16)8-6-7(14(17)18)4-5-10(8)19-11/h1-6H,(H,17,18). The molecule has 0 aliphatic rings. The van der Waals surface area contributed by atoms with Crippen LogP contribution in [0.1, 0.15) is 10.4 Å². The van der Waals surface area contributed by atoms with Crippen molar-refractivity contribution in [2.75, 3.05) is 0 Å². The van der Waals surface area contributed by atoms with Crippen LogP contribution in [0, 0.1) is 0 Å². The second kappa shape index (κ2) is 4.10. The Morgan fingerprint density at radius 2 is 1.95 bits per heavy atom. The average molecular weight is 275 g/mol. The van der Waals surface area contributed by atoms with Crippen LogP contribution in [0.2, 0.25) is 5.02 Å². The third-order valence-electron chi connectivity index (χ3n) is 2.89. The van der Waals surface area contributed by atoms with Gasteiger partial charge in [0.15, 0.2) is 0 Å². The molecule has 94 valence electrons. The zero-order chi connectivity index (χ0) is 13.6. The molecule has 0 saturated heterocycles. The van der Waals surface area contributed by atoms with Gasteiger partial charge in [-0.1, -0.05) is 17.7 Å². The third kappa shape index (κ3) is 1.77. The topological polar surface area (TPSA) is 67.5 Å². The van der Waals surface area contributed by atoms with Crippen LogP contribution < -0.4 is 5.43 Å². The zero-order valence-corrected chi connectivity index (χ0v) is 10.3. The monoisotopic (exact) mass is 274 g/mol. The molecule has 0 spiro atoms. The quantitative estimate of drug-likeness (QED) is 0.691. The van der Waals surface area contributed by atoms with E-state index in [9.17, 15) is 9.59 Å². The van der Waals surface area contributed by atoms with Gasteiger partial charge in [-0.25, -0.2) is 4.79 Å². The minimum Gasteiger partial charge on any atom is -0.478 e. The molecule has 0 amide bonds. The molecule has 0 aliphatic carbocycles. The number of benzene rings is 2. The summed E-state index contributed by atoms with van der Waals surface area (Å²) in [7, 11) is 0. The maximum atomic E-state index is 12.3. The predicted molar refractivity (Wildman–Crippen MR) is 72.0 cm³/mol. The molecule has 5 heteroatoms. The summed E-state index contributed by atoms with van der Waals surface area (Å²) in [6, 6.07) is 9.09. The molecular formula is C14H7ClO4. The van der Waals surface area contributed by atoms with E-state index in [1.165, 1.54) is 18.2 Å². The summed E-state index contributed by atoms with van der Waals surface area (Å²) in [5.74, 6) is -1.10. The fourth-order valence-electron chi connectivity index (χ4n) is 1.99. The van der Waals surface area contributed by atoms with Crippen LogP contribution >= 0.6 is 11.6 Å². The Morgan fingerprint density at radius 1 is 1.16 bits per heavy atom. The first-order chi connectivity index (χ1) is 9.08. The van der Waals surface area contributed by atoms with E-state index in [0.717, 1.165) is 0 Å². The van der Waals surface area contributed by atoms with Crippen LogP contribution in [0.5, 0.6) is 0 Å². The molecule has 0 aliphatic heterocycles. The highest BCUT2D eigenvalue weighted by Crippen LogP contribution is 2.24. The molecule has 1 N–H and O–H groups in total. The molecule has 1 aromatic heterocycles. The van der Waals surface area contributed by atoms with Gasteiger partial charge in [0.2, 0.25) is 5.43 Å². The summed E-state index contributed by atoms with van der Waals surface area (Å²) in [6.07, 6.45) is 0. The van der Waals surface area contributed by atoms with Gasteiger partial charge in [0.05, 0.1) is 21.4 Å². The van der Waals surface area contributed by atoms with E-state index in [4.69, 9.17) is 21.1 Å². The molecule has 0 atom stereocenters. The van der Waals surface area contributed by atoms with Crippen molar-refractivity contribution in [2.24, 2.45) is 0 Å². The van der Waals surface area contributed by atoms with Gasteiger partial charge in [-0.2, -0.15) is 0 Å². The van der Waals surface area contributed by atoms with Crippen LogP contribution in [0.25, 0.3) is 21.9 Å². The number of hydrogen-bond donors (Lipinski definition) is 1. The number of carboxylic acids is 1. The second-order valence-corrected chi connectivity index (χ2v) is 4.47. The molecule has 0 unspecified atom stereocenters. The predicted octanol–water partition coefficient (Wildman–Crippen LogP) is 3.30. The maximum absolute atomic E-state index is 12.3. The number of aromatic carboxylic acids is 1. The van der Waals surface area contributed by atoms with E-state index in [0.29, 0.717) is 11.2 Å². The molecule has 0 radical (unpaired) electrons. The molecule has 3 rings (SSSR count). The van der Waals surface area contributed by atoms with Gasteiger partial charge in [-0.05, 0) is 30.3 Å². The van der Waals surface area contributed by atoms with Crippen molar-refractivity contribution in [1.82, 2.24) is 0 Å². The summed E-state index contributed by atoms with van der Waals surface area (Å²) in [5, 5.41) is 9.70. The smallest absolute Gasteiger partial charge is 0.335 e. The van der Waals surface area contributed by atoms with Crippen molar-refractivity contribution in [1.29, 1.82) is 0 Å². The van der Waals surface area contributed by atoms with E-state index in [2.05, 4.69) is 0 Å². The number of carbonyl (C=O) groups is 1. The lowest BCUT2D eigenvalue weighted by atomic mass is 10.1. The normalized spacial score (nSPS) is 11.0. The zero-order valence-electron chi connectivity index (χ0n) is 9.51. The van der Waals surface area contributed by atoms with Gasteiger partial charge in [0.25, 0.3) is 0 Å². The maximum Gasteiger partial charge on any atom is 0.335 e. The van der Waals surface area contributed by atoms with E-state index >= 15 is 0 Å². The Balaban J connectivity index is 2.52. The lowest BCUT2D eigenvalue weighted by Gasteiger charge is -2.03. The van der Waals surface area contributed by atoms with Crippen molar-refractivity contribution >= 4 is 39.5 Å². The first-order valence-electron chi connectivity index (χ1n) is 5.46. The molecule has 0 bridgehead atoms. The van der Waals surface area contributed by atoms with Gasteiger partial charge in [0, 0.05) is 0 Å². The lowest BCUT2D eigenvalue weighted by molar-refractivity contribution is 0.0697. The van der Waals surface area contributed by atoms with Crippen LogP contribution in [0.3, 0.4) is 0 Å². The summed E-state index contributed by atoms with van der Waals surface area (Å²) >= 11 is 5.99. The lowest BCUT2D eigenvalue weighted by Crippen LogP contribution is -2.05. The van der Waals surface area contributed by atoms with Crippen LogP contribution in [0.4, 0.5) is 0 Å². The highest BCUT2D eigenvalue weighted by molar-refractivity contribution is 6.35. The second-order valence-electron chi connectivity index (χ2n) is 4.06. The summed E-state index contributed by atoms with van der Waals surface area (Å²) < 4.78 is 5.57. The minimum absolute atomic E-state index is 0.0335. The molecule has 3 aromatic rings. The van der Waals surface area contributed by atoms with Crippen molar-refractivity contribution in [2.45, 2.75) is 0 Å². The van der Waals surface area contributed by atoms with Crippen LogP contribution in [-0.2, 0) is 0 Å². The number of carboxylic acid groups (broad SMARTS) is 1. The Hall–Kier alpha value is -2.33. The number of rotatable bonds is 1. The minimum atomic E-state index is -1.10. The van der Waals surface area contributed by atoms with E-state index in [1.807, 2.05) is 0 Å². The Labute approximate surface area is 111 Å². The number of hydrogen-bond acceptors (Lipinski definition) is 3. The fourth-order valence-corrected chi connectivity index (χ4v) is 2.24. The molecule has 1 heterocycles. The molecular weight excluding hydrogens is 268 g/mol. The Morgan fingerprint density at radius 3 is 2.68 bits per heavy atom. The highest BCUT2D eigenvalue weighted by atomic mass is 35.5. The summed E-state index contributed by atoms with van der Waals surface area (Å²) in [4.78, 5) is 23.3. The van der Waals surface area contributed by atoms with Crippen molar-refractivity contribution < 1.29 is 14.3 Å². The van der Waals surface area contributed by atoms with Gasteiger partial charge in [-0.15, -0.1) is 0 Å². The molecule has 0 saturated carbocycles. The Bertz CT molecular complexity index is 880. The molecule has 19 heavy (non-hydrogen) atoms. The summed E-state index contributed by atoms with van der Waals surface area (Å²) in [6.45, 7) is 0. The third-order valence-corrected chi connectivity index (χ3v) is 3.21. The van der Waals surface area contributed by atoms with E-state index < -0.39 is 5.97 Å². The average Bonchev–Trinajstić information content (AvgIpc) is 2.38. The Kier molecular flexibility index (Phi) is 2.54. The van der Waals surface area contributed by atoms with Gasteiger partial charge >= 0.3 is 5.97 Å². The van der Waals surface area contributed by atoms with Crippen molar-refractivity contribution in [3.63, 3.8) is 0 Å². The molecule has 0 fully saturated rings. The molecule has 4 nitrogen and oxygen atoms in total. The van der Waals surface area contributed by atoms with Crippen LogP contribution in [0.15, 0.2) is 45.6 Å². The largest absolute Gasteiger partial charge is 0.478 e. The van der Waals surface area contributed by atoms with Gasteiger partial charge < -0.3 is 9.52 Å². The van der Waals surface area contributed by atoms with Crippen molar-refractivity contribution in [3.8, 4) is 0 Å². The first-order valence-corrected chi connectivity index (χ1v) is 5.84. The SMILES string of the molecule is O=C(O)c1ccc2oc3cccc(Cl)c3c(=O)c2c1.